The van der Waals surface area contributed by atoms with Crippen molar-refractivity contribution in [1.29, 1.82) is 0 Å². The predicted molar refractivity (Wildman–Crippen MR) is 76.9 cm³/mol. The van der Waals surface area contributed by atoms with E-state index in [1.165, 1.54) is 12.1 Å². The SMILES string of the molecule is CN(Cc1ccco1)Cc1ccc(C=CC(=O)O)cc1F. The molecule has 0 radical (unpaired) electrons. The highest BCUT2D eigenvalue weighted by Gasteiger charge is 2.08. The van der Waals surface area contributed by atoms with Crippen LogP contribution < -0.4 is 0 Å². The summed E-state index contributed by atoms with van der Waals surface area (Å²) in [5.74, 6) is -0.592. The summed E-state index contributed by atoms with van der Waals surface area (Å²) in [5, 5.41) is 8.54. The fourth-order valence-electron chi connectivity index (χ4n) is 1.98. The van der Waals surface area contributed by atoms with Gasteiger partial charge in [0.05, 0.1) is 12.8 Å². The molecule has 1 N–H and O–H groups in total. The molecule has 4 nitrogen and oxygen atoms in total. The summed E-state index contributed by atoms with van der Waals surface area (Å²) in [4.78, 5) is 12.4. The van der Waals surface area contributed by atoms with E-state index in [0.717, 1.165) is 11.8 Å². The summed E-state index contributed by atoms with van der Waals surface area (Å²) in [6, 6.07) is 8.36. The molecule has 0 unspecified atom stereocenters. The van der Waals surface area contributed by atoms with Crippen LogP contribution in [0.25, 0.3) is 6.08 Å². The first-order chi connectivity index (χ1) is 10.0. The van der Waals surface area contributed by atoms with Crippen LogP contribution in [0.1, 0.15) is 16.9 Å². The third-order valence-electron chi connectivity index (χ3n) is 2.94. The summed E-state index contributed by atoms with van der Waals surface area (Å²) in [6.07, 6.45) is 3.95. The largest absolute Gasteiger partial charge is 0.478 e. The lowest BCUT2D eigenvalue weighted by atomic mass is 10.1. The second-order valence-electron chi connectivity index (χ2n) is 4.77. The molecule has 0 atom stereocenters. The van der Waals surface area contributed by atoms with E-state index in [0.29, 0.717) is 24.2 Å². The number of benzene rings is 1. The number of carbonyl (C=O) groups is 1. The zero-order valence-corrected chi connectivity index (χ0v) is 11.6. The summed E-state index contributed by atoms with van der Waals surface area (Å²) >= 11 is 0. The van der Waals surface area contributed by atoms with Gasteiger partial charge in [-0.05, 0) is 36.9 Å². The van der Waals surface area contributed by atoms with E-state index >= 15 is 0 Å². The molecule has 0 aliphatic heterocycles. The van der Waals surface area contributed by atoms with Gasteiger partial charge in [0, 0.05) is 18.2 Å². The number of nitrogens with zero attached hydrogens (tertiary/aromatic N) is 1. The van der Waals surface area contributed by atoms with Crippen LogP contribution in [-0.4, -0.2) is 23.0 Å². The fourth-order valence-corrected chi connectivity index (χ4v) is 1.98. The molecule has 5 heteroatoms. The zero-order valence-electron chi connectivity index (χ0n) is 11.6. The molecule has 0 fully saturated rings. The Hall–Kier alpha value is -2.40. The second kappa shape index (κ2) is 6.85. The Bertz CT molecular complexity index is 635. The van der Waals surface area contributed by atoms with Gasteiger partial charge in [-0.15, -0.1) is 0 Å². The van der Waals surface area contributed by atoms with Gasteiger partial charge in [0.25, 0.3) is 0 Å². The molecule has 2 rings (SSSR count). The quantitative estimate of drug-likeness (QED) is 0.830. The van der Waals surface area contributed by atoms with Crippen molar-refractivity contribution in [2.24, 2.45) is 0 Å². The first-order valence-electron chi connectivity index (χ1n) is 6.45. The number of furan rings is 1. The topological polar surface area (TPSA) is 53.7 Å². The van der Waals surface area contributed by atoms with E-state index in [2.05, 4.69) is 0 Å². The standard InChI is InChI=1S/C16H16FNO3/c1-18(11-14-3-2-8-21-14)10-13-6-4-12(9-15(13)17)5-7-16(19)20/h2-9H,10-11H2,1H3,(H,19,20). The van der Waals surface area contributed by atoms with Crippen molar-refractivity contribution in [2.45, 2.75) is 13.1 Å². The van der Waals surface area contributed by atoms with Crippen molar-refractivity contribution in [3.63, 3.8) is 0 Å². The van der Waals surface area contributed by atoms with E-state index < -0.39 is 5.97 Å². The second-order valence-corrected chi connectivity index (χ2v) is 4.77. The van der Waals surface area contributed by atoms with Gasteiger partial charge in [-0.25, -0.2) is 9.18 Å². The normalized spacial score (nSPS) is 11.4. The van der Waals surface area contributed by atoms with Crippen LogP contribution in [0.2, 0.25) is 0 Å². The van der Waals surface area contributed by atoms with Gasteiger partial charge in [-0.1, -0.05) is 12.1 Å². The third-order valence-corrected chi connectivity index (χ3v) is 2.94. The Kier molecular flexibility index (Phi) is 4.90. The molecule has 0 aliphatic carbocycles. The minimum absolute atomic E-state index is 0.353. The minimum atomic E-state index is -1.06. The Morgan fingerprint density at radius 1 is 1.38 bits per heavy atom. The van der Waals surface area contributed by atoms with Crippen LogP contribution in [0.5, 0.6) is 0 Å². The number of carboxylic acid groups (broad SMARTS) is 1. The number of hydrogen-bond donors (Lipinski definition) is 1. The first-order valence-corrected chi connectivity index (χ1v) is 6.45. The van der Waals surface area contributed by atoms with Gasteiger partial charge in [-0.3, -0.25) is 4.90 Å². The molecule has 21 heavy (non-hydrogen) atoms. The van der Waals surface area contributed by atoms with Crippen molar-refractivity contribution in [2.75, 3.05) is 7.05 Å². The molecule has 0 amide bonds. The smallest absolute Gasteiger partial charge is 0.328 e. The zero-order chi connectivity index (χ0) is 15.2. The molecule has 0 spiro atoms. The molecule has 1 heterocycles. The lowest BCUT2D eigenvalue weighted by Crippen LogP contribution is -2.17. The van der Waals surface area contributed by atoms with Crippen molar-refractivity contribution in [3.8, 4) is 0 Å². The van der Waals surface area contributed by atoms with Crippen molar-refractivity contribution >= 4 is 12.0 Å². The molecule has 0 bridgehead atoms. The fraction of sp³-hybridized carbons (Fsp3) is 0.188. The molecular formula is C16H16FNO3. The van der Waals surface area contributed by atoms with Crippen LogP contribution in [-0.2, 0) is 17.9 Å². The summed E-state index contributed by atoms with van der Waals surface area (Å²) in [7, 11) is 1.88. The minimum Gasteiger partial charge on any atom is -0.478 e. The van der Waals surface area contributed by atoms with Gasteiger partial charge in [0.15, 0.2) is 0 Å². The lowest BCUT2D eigenvalue weighted by molar-refractivity contribution is -0.131. The van der Waals surface area contributed by atoms with Crippen molar-refractivity contribution in [1.82, 2.24) is 4.90 Å². The maximum atomic E-state index is 14.0. The van der Waals surface area contributed by atoms with Gasteiger partial charge < -0.3 is 9.52 Å². The highest BCUT2D eigenvalue weighted by molar-refractivity contribution is 5.85. The number of rotatable bonds is 6. The Balaban J connectivity index is 2.02. The van der Waals surface area contributed by atoms with E-state index in [1.54, 1.807) is 18.4 Å². The van der Waals surface area contributed by atoms with Gasteiger partial charge in [-0.2, -0.15) is 0 Å². The number of aliphatic carboxylic acids is 1. The Morgan fingerprint density at radius 2 is 2.19 bits per heavy atom. The van der Waals surface area contributed by atoms with E-state index in [1.807, 2.05) is 24.1 Å². The maximum absolute atomic E-state index is 14.0. The van der Waals surface area contributed by atoms with Crippen LogP contribution in [0.15, 0.2) is 47.1 Å². The Labute approximate surface area is 122 Å². The van der Waals surface area contributed by atoms with Crippen molar-refractivity contribution < 1.29 is 18.7 Å². The molecule has 1 aromatic carbocycles. The molecule has 0 saturated carbocycles. The molecular weight excluding hydrogens is 273 g/mol. The summed E-state index contributed by atoms with van der Waals surface area (Å²) in [5.41, 5.74) is 1.07. The maximum Gasteiger partial charge on any atom is 0.328 e. The lowest BCUT2D eigenvalue weighted by Gasteiger charge is -2.15. The van der Waals surface area contributed by atoms with Gasteiger partial charge in [0.2, 0.25) is 0 Å². The average Bonchev–Trinajstić information content (AvgIpc) is 2.92. The molecule has 0 saturated heterocycles. The predicted octanol–water partition coefficient (Wildman–Crippen LogP) is 3.15. The molecule has 2 aromatic rings. The first kappa shape index (κ1) is 15.0. The summed E-state index contributed by atoms with van der Waals surface area (Å²) < 4.78 is 19.2. The average molecular weight is 289 g/mol. The molecule has 0 aliphatic rings. The van der Waals surface area contributed by atoms with Gasteiger partial charge >= 0.3 is 5.97 Å². The molecule has 110 valence electrons. The number of hydrogen-bond acceptors (Lipinski definition) is 3. The third kappa shape index (κ3) is 4.57. The van der Waals surface area contributed by atoms with Gasteiger partial charge in [0.1, 0.15) is 11.6 Å². The summed E-state index contributed by atoms with van der Waals surface area (Å²) in [6.45, 7) is 1.03. The monoisotopic (exact) mass is 289 g/mol. The Morgan fingerprint density at radius 3 is 2.81 bits per heavy atom. The highest BCUT2D eigenvalue weighted by Crippen LogP contribution is 2.15. The van der Waals surface area contributed by atoms with E-state index in [4.69, 9.17) is 9.52 Å². The van der Waals surface area contributed by atoms with Crippen LogP contribution >= 0.6 is 0 Å². The van der Waals surface area contributed by atoms with Crippen LogP contribution in [0.3, 0.4) is 0 Å². The number of carboxylic acids is 1. The van der Waals surface area contributed by atoms with E-state index in [-0.39, 0.29) is 5.82 Å². The van der Waals surface area contributed by atoms with Crippen LogP contribution in [0, 0.1) is 5.82 Å². The highest BCUT2D eigenvalue weighted by atomic mass is 19.1. The molecule has 1 aromatic heterocycles. The van der Waals surface area contributed by atoms with E-state index in [9.17, 15) is 9.18 Å². The van der Waals surface area contributed by atoms with Crippen molar-refractivity contribution in [3.05, 3.63) is 65.4 Å². The van der Waals surface area contributed by atoms with Crippen LogP contribution in [0.4, 0.5) is 4.39 Å². The number of halogens is 1.